The minimum absolute atomic E-state index is 0.498. The highest BCUT2D eigenvalue weighted by atomic mass is 16.5. The minimum Gasteiger partial charge on any atom is -0.495 e. The molecule has 0 amide bonds. The van der Waals surface area contributed by atoms with Gasteiger partial charge >= 0.3 is 0 Å². The maximum absolute atomic E-state index is 5.56. The van der Waals surface area contributed by atoms with E-state index >= 15 is 0 Å². The molecule has 1 aromatic carbocycles. The Hall–Kier alpha value is -1.97. The van der Waals surface area contributed by atoms with E-state index in [9.17, 15) is 0 Å². The Morgan fingerprint density at radius 2 is 2.20 bits per heavy atom. The van der Waals surface area contributed by atoms with Crippen LogP contribution in [0.1, 0.15) is 5.56 Å². The van der Waals surface area contributed by atoms with E-state index in [0.29, 0.717) is 5.82 Å². The van der Waals surface area contributed by atoms with Crippen LogP contribution in [-0.2, 0) is 0 Å². The highest BCUT2D eigenvalue weighted by Crippen LogP contribution is 2.24. The van der Waals surface area contributed by atoms with Gasteiger partial charge in [0.25, 0.3) is 0 Å². The molecule has 1 aromatic heterocycles. The number of nitrogen functional groups attached to an aromatic ring is 1. The summed E-state index contributed by atoms with van der Waals surface area (Å²) in [4.78, 5) is 3.98. The van der Waals surface area contributed by atoms with Gasteiger partial charge in [0, 0.05) is 0 Å². The number of benzene rings is 1. The summed E-state index contributed by atoms with van der Waals surface area (Å²) < 4.78 is 7.14. The Kier molecular flexibility index (Phi) is 2.33. The van der Waals surface area contributed by atoms with Crippen molar-refractivity contribution in [1.29, 1.82) is 0 Å². The molecule has 0 bridgehead atoms. The fourth-order valence-electron chi connectivity index (χ4n) is 1.47. The number of imidazole rings is 1. The number of ether oxygens (including phenoxy) is 1. The molecule has 0 saturated heterocycles. The van der Waals surface area contributed by atoms with Crippen molar-refractivity contribution in [2.75, 3.05) is 12.8 Å². The summed E-state index contributed by atoms with van der Waals surface area (Å²) in [6, 6.07) is 5.98. The van der Waals surface area contributed by atoms with Gasteiger partial charge in [0.15, 0.2) is 0 Å². The summed E-state index contributed by atoms with van der Waals surface area (Å²) in [5, 5.41) is 0. The van der Waals surface area contributed by atoms with E-state index in [-0.39, 0.29) is 0 Å². The number of rotatable bonds is 2. The quantitative estimate of drug-likeness (QED) is 0.809. The zero-order chi connectivity index (χ0) is 10.8. The third-order valence-electron chi connectivity index (χ3n) is 2.22. The molecule has 78 valence electrons. The summed E-state index contributed by atoms with van der Waals surface area (Å²) in [5.41, 5.74) is 7.66. The molecule has 0 spiro atoms. The first-order valence-corrected chi connectivity index (χ1v) is 4.65. The standard InChI is InChI=1S/C11H13N3O/c1-8-3-4-9(10(5-8)15-2)14-6-11(12)13-7-14/h3-7H,12H2,1-2H3. The van der Waals surface area contributed by atoms with E-state index in [2.05, 4.69) is 4.98 Å². The van der Waals surface area contributed by atoms with Crippen LogP contribution in [0.4, 0.5) is 5.82 Å². The largest absolute Gasteiger partial charge is 0.495 e. The second-order valence-electron chi connectivity index (χ2n) is 3.38. The van der Waals surface area contributed by atoms with Gasteiger partial charge in [-0.25, -0.2) is 4.98 Å². The lowest BCUT2D eigenvalue weighted by atomic mass is 10.2. The highest BCUT2D eigenvalue weighted by molar-refractivity contribution is 5.49. The van der Waals surface area contributed by atoms with Crippen LogP contribution in [0, 0.1) is 6.92 Å². The van der Waals surface area contributed by atoms with E-state index in [1.807, 2.05) is 29.7 Å². The van der Waals surface area contributed by atoms with Crippen molar-refractivity contribution in [3.05, 3.63) is 36.3 Å². The molecule has 2 rings (SSSR count). The van der Waals surface area contributed by atoms with Crippen molar-refractivity contribution < 1.29 is 4.74 Å². The molecule has 0 aliphatic heterocycles. The molecule has 0 saturated carbocycles. The smallest absolute Gasteiger partial charge is 0.143 e. The molecule has 0 unspecified atom stereocenters. The first kappa shape index (κ1) is 9.58. The molecule has 0 atom stereocenters. The van der Waals surface area contributed by atoms with Crippen LogP contribution in [0.5, 0.6) is 5.75 Å². The van der Waals surface area contributed by atoms with Gasteiger partial charge in [0.1, 0.15) is 17.9 Å². The first-order chi connectivity index (χ1) is 7.20. The van der Waals surface area contributed by atoms with Gasteiger partial charge in [-0.2, -0.15) is 0 Å². The van der Waals surface area contributed by atoms with Crippen LogP contribution in [-0.4, -0.2) is 16.7 Å². The van der Waals surface area contributed by atoms with Gasteiger partial charge in [-0.15, -0.1) is 0 Å². The Bertz CT molecular complexity index is 476. The second-order valence-corrected chi connectivity index (χ2v) is 3.38. The summed E-state index contributed by atoms with van der Waals surface area (Å²) in [6.07, 6.45) is 3.43. The van der Waals surface area contributed by atoms with Crippen LogP contribution >= 0.6 is 0 Å². The van der Waals surface area contributed by atoms with Crippen molar-refractivity contribution >= 4 is 5.82 Å². The van der Waals surface area contributed by atoms with Crippen molar-refractivity contribution in [1.82, 2.24) is 9.55 Å². The molecule has 0 fully saturated rings. The number of nitrogens with zero attached hydrogens (tertiary/aromatic N) is 2. The van der Waals surface area contributed by atoms with Crippen molar-refractivity contribution in [3.63, 3.8) is 0 Å². The van der Waals surface area contributed by atoms with Crippen LogP contribution in [0.3, 0.4) is 0 Å². The third-order valence-corrected chi connectivity index (χ3v) is 2.22. The first-order valence-electron chi connectivity index (χ1n) is 4.65. The van der Waals surface area contributed by atoms with Crippen molar-refractivity contribution in [2.45, 2.75) is 6.92 Å². The predicted molar refractivity (Wildman–Crippen MR) is 59.3 cm³/mol. The van der Waals surface area contributed by atoms with E-state index in [1.165, 1.54) is 0 Å². The number of hydrogen-bond donors (Lipinski definition) is 1. The summed E-state index contributed by atoms with van der Waals surface area (Å²) in [6.45, 7) is 2.02. The zero-order valence-corrected chi connectivity index (χ0v) is 8.77. The van der Waals surface area contributed by atoms with Crippen LogP contribution in [0.15, 0.2) is 30.7 Å². The molecule has 2 N–H and O–H groups in total. The molecule has 1 heterocycles. The maximum atomic E-state index is 5.56. The van der Waals surface area contributed by atoms with E-state index in [1.54, 1.807) is 19.6 Å². The molecule has 2 aromatic rings. The molecule has 15 heavy (non-hydrogen) atoms. The van der Waals surface area contributed by atoms with Gasteiger partial charge in [-0.3, -0.25) is 0 Å². The van der Waals surface area contributed by atoms with Crippen LogP contribution in [0.2, 0.25) is 0 Å². The van der Waals surface area contributed by atoms with E-state index < -0.39 is 0 Å². The summed E-state index contributed by atoms with van der Waals surface area (Å²) in [5.74, 6) is 1.31. The molecule has 4 heteroatoms. The molecule has 0 aliphatic carbocycles. The van der Waals surface area contributed by atoms with Crippen molar-refractivity contribution in [2.24, 2.45) is 0 Å². The molecular formula is C11H13N3O. The maximum Gasteiger partial charge on any atom is 0.143 e. The van der Waals surface area contributed by atoms with Gasteiger partial charge < -0.3 is 15.0 Å². The molecule has 0 radical (unpaired) electrons. The van der Waals surface area contributed by atoms with Crippen molar-refractivity contribution in [3.8, 4) is 11.4 Å². The van der Waals surface area contributed by atoms with Gasteiger partial charge in [0.2, 0.25) is 0 Å². The van der Waals surface area contributed by atoms with Gasteiger partial charge in [0.05, 0.1) is 19.0 Å². The predicted octanol–water partition coefficient (Wildman–Crippen LogP) is 1.77. The number of anilines is 1. The number of aryl methyl sites for hydroxylation is 1. The SMILES string of the molecule is COc1cc(C)ccc1-n1cnc(N)c1. The van der Waals surface area contributed by atoms with E-state index in [4.69, 9.17) is 10.5 Å². The lowest BCUT2D eigenvalue weighted by Crippen LogP contribution is -1.95. The van der Waals surface area contributed by atoms with E-state index in [0.717, 1.165) is 17.0 Å². The lowest BCUT2D eigenvalue weighted by Gasteiger charge is -2.09. The Labute approximate surface area is 88.3 Å². The summed E-state index contributed by atoms with van der Waals surface area (Å²) >= 11 is 0. The molecule has 0 aliphatic rings. The summed E-state index contributed by atoms with van der Waals surface area (Å²) in [7, 11) is 1.65. The fraction of sp³-hybridized carbons (Fsp3) is 0.182. The number of aromatic nitrogens is 2. The lowest BCUT2D eigenvalue weighted by molar-refractivity contribution is 0.412. The normalized spacial score (nSPS) is 10.3. The minimum atomic E-state index is 0.498. The topological polar surface area (TPSA) is 53.1 Å². The Morgan fingerprint density at radius 3 is 2.80 bits per heavy atom. The third kappa shape index (κ3) is 1.79. The average molecular weight is 203 g/mol. The second kappa shape index (κ2) is 3.65. The van der Waals surface area contributed by atoms with Gasteiger partial charge in [-0.1, -0.05) is 6.07 Å². The fourth-order valence-corrected chi connectivity index (χ4v) is 1.47. The van der Waals surface area contributed by atoms with Crippen LogP contribution in [0.25, 0.3) is 5.69 Å². The molecule has 4 nitrogen and oxygen atoms in total. The Morgan fingerprint density at radius 1 is 1.40 bits per heavy atom. The average Bonchev–Trinajstić information content (AvgIpc) is 2.64. The van der Waals surface area contributed by atoms with Gasteiger partial charge in [-0.05, 0) is 24.6 Å². The zero-order valence-electron chi connectivity index (χ0n) is 8.77. The van der Waals surface area contributed by atoms with Crippen LogP contribution < -0.4 is 10.5 Å². The number of methoxy groups -OCH3 is 1. The number of nitrogens with two attached hydrogens (primary N) is 1. The number of hydrogen-bond acceptors (Lipinski definition) is 3. The Balaban J connectivity index is 2.52. The molecular weight excluding hydrogens is 190 g/mol. The highest BCUT2D eigenvalue weighted by Gasteiger charge is 2.05. The monoisotopic (exact) mass is 203 g/mol.